The number of aliphatic carboxylic acids is 1. The van der Waals surface area contributed by atoms with Crippen LogP contribution in [0.4, 0.5) is 14.5 Å². The SMILES string of the molecule is O=C(O)C1CC(F)CCC1c1nc(-c2cncc(F)c2)sc1-c1ccc(N2CCS(=O)(=O)CC2)cc1. The number of thiazole rings is 1. The molecule has 1 aromatic carbocycles. The standard InChI is InChI=1S/C25H25F2N3O4S2/c26-17-3-6-20(21(12-17)25(31)32)22-23(35-24(29-22)16-11-18(27)14-28-13-16)15-1-4-19(5-2-15)30-7-9-36(33,34)10-8-30/h1-2,4-5,11,13-14,17,20-21H,3,6-10,12H2,(H,31,32). The lowest BCUT2D eigenvalue weighted by molar-refractivity contribution is -0.144. The molecule has 0 radical (unpaired) electrons. The van der Waals surface area contributed by atoms with Crippen LogP contribution in [0.5, 0.6) is 0 Å². The number of hydrogen-bond acceptors (Lipinski definition) is 7. The Hall–Kier alpha value is -2.92. The Balaban J connectivity index is 1.53. The van der Waals surface area contributed by atoms with Crippen LogP contribution in [0, 0.1) is 11.7 Å². The first kappa shape index (κ1) is 24.8. The quantitative estimate of drug-likeness (QED) is 0.513. The number of aromatic nitrogens is 2. The van der Waals surface area contributed by atoms with Crippen LogP contribution in [0.3, 0.4) is 0 Å². The van der Waals surface area contributed by atoms with Crippen molar-refractivity contribution < 1.29 is 27.1 Å². The average molecular weight is 534 g/mol. The van der Waals surface area contributed by atoms with Crippen LogP contribution < -0.4 is 4.90 Å². The van der Waals surface area contributed by atoms with Gasteiger partial charge in [-0.2, -0.15) is 0 Å². The van der Waals surface area contributed by atoms with Crippen molar-refractivity contribution in [2.45, 2.75) is 31.4 Å². The highest BCUT2D eigenvalue weighted by molar-refractivity contribution is 7.91. The van der Waals surface area contributed by atoms with Crippen molar-refractivity contribution in [3.05, 3.63) is 54.2 Å². The second kappa shape index (κ2) is 9.85. The summed E-state index contributed by atoms with van der Waals surface area (Å²) >= 11 is 1.33. The van der Waals surface area contributed by atoms with E-state index in [4.69, 9.17) is 4.98 Å². The smallest absolute Gasteiger partial charge is 0.307 e. The van der Waals surface area contributed by atoms with E-state index in [9.17, 15) is 27.1 Å². The normalized spacial score (nSPS) is 23.9. The molecule has 0 amide bonds. The number of benzene rings is 1. The summed E-state index contributed by atoms with van der Waals surface area (Å²) in [5.41, 5.74) is 2.79. The van der Waals surface area contributed by atoms with Crippen molar-refractivity contribution >= 4 is 32.8 Å². The summed E-state index contributed by atoms with van der Waals surface area (Å²) in [5.74, 6) is -2.68. The van der Waals surface area contributed by atoms with Gasteiger partial charge in [-0.05, 0) is 43.0 Å². The van der Waals surface area contributed by atoms with Crippen LogP contribution in [-0.4, -0.2) is 60.2 Å². The first-order valence-corrected chi connectivity index (χ1v) is 14.4. The summed E-state index contributed by atoms with van der Waals surface area (Å²) in [7, 11) is -2.99. The van der Waals surface area contributed by atoms with Gasteiger partial charge in [-0.1, -0.05) is 12.1 Å². The number of sulfone groups is 1. The number of hydrogen-bond donors (Lipinski definition) is 1. The third-order valence-corrected chi connectivity index (χ3v) is 9.68. The number of halogens is 2. The number of nitrogens with zero attached hydrogens (tertiary/aromatic N) is 3. The molecule has 1 aliphatic carbocycles. The lowest BCUT2D eigenvalue weighted by atomic mass is 9.76. The molecule has 1 saturated carbocycles. The fraction of sp³-hybridized carbons (Fsp3) is 0.400. The zero-order chi connectivity index (χ0) is 25.4. The van der Waals surface area contributed by atoms with Crippen LogP contribution >= 0.6 is 11.3 Å². The van der Waals surface area contributed by atoms with Crippen LogP contribution in [0.2, 0.25) is 0 Å². The molecule has 36 heavy (non-hydrogen) atoms. The molecule has 3 heterocycles. The minimum atomic E-state index is -2.99. The number of carbonyl (C=O) groups is 1. The first-order valence-electron chi connectivity index (χ1n) is 11.7. The molecule has 2 aromatic heterocycles. The predicted molar refractivity (Wildman–Crippen MR) is 134 cm³/mol. The molecule has 3 atom stereocenters. The molecule has 5 rings (SSSR count). The fourth-order valence-corrected chi connectivity index (χ4v) is 7.28. The van der Waals surface area contributed by atoms with Gasteiger partial charge in [-0.3, -0.25) is 9.78 Å². The first-order chi connectivity index (χ1) is 17.2. The predicted octanol–water partition coefficient (Wildman–Crippen LogP) is 4.55. The Morgan fingerprint density at radius 3 is 2.47 bits per heavy atom. The van der Waals surface area contributed by atoms with Gasteiger partial charge in [-0.25, -0.2) is 22.2 Å². The third kappa shape index (κ3) is 5.12. The molecule has 1 aliphatic heterocycles. The van der Waals surface area contributed by atoms with Gasteiger partial charge in [0.1, 0.15) is 17.0 Å². The molecule has 2 aliphatic rings. The summed E-state index contributed by atoms with van der Waals surface area (Å²) in [6.45, 7) is 0.855. The summed E-state index contributed by atoms with van der Waals surface area (Å²) in [4.78, 5) is 23.5. The summed E-state index contributed by atoms with van der Waals surface area (Å²) in [6.07, 6.45) is 2.01. The zero-order valence-electron chi connectivity index (χ0n) is 19.3. The highest BCUT2D eigenvalue weighted by atomic mass is 32.2. The Morgan fingerprint density at radius 1 is 1.08 bits per heavy atom. The molecule has 1 N–H and O–H groups in total. The molecule has 2 fully saturated rings. The average Bonchev–Trinajstić information content (AvgIpc) is 3.29. The maximum atomic E-state index is 14.1. The Labute approximate surface area is 211 Å². The zero-order valence-corrected chi connectivity index (χ0v) is 20.9. The highest BCUT2D eigenvalue weighted by Crippen LogP contribution is 2.46. The van der Waals surface area contributed by atoms with Crippen molar-refractivity contribution in [2.24, 2.45) is 5.92 Å². The number of rotatable bonds is 5. The molecule has 190 valence electrons. The number of carboxylic acids is 1. The van der Waals surface area contributed by atoms with Gasteiger partial charge in [-0.15, -0.1) is 11.3 Å². The monoisotopic (exact) mass is 533 g/mol. The van der Waals surface area contributed by atoms with Gasteiger partial charge >= 0.3 is 5.97 Å². The van der Waals surface area contributed by atoms with E-state index < -0.39 is 39.6 Å². The largest absolute Gasteiger partial charge is 0.481 e. The van der Waals surface area contributed by atoms with Gasteiger partial charge in [0.25, 0.3) is 0 Å². The van der Waals surface area contributed by atoms with Gasteiger partial charge in [0, 0.05) is 36.5 Å². The minimum absolute atomic E-state index is 0.0649. The summed E-state index contributed by atoms with van der Waals surface area (Å²) in [6, 6.07) is 8.96. The van der Waals surface area contributed by atoms with Crippen LogP contribution in [0.1, 0.15) is 30.9 Å². The third-order valence-electron chi connectivity index (χ3n) is 6.90. The van der Waals surface area contributed by atoms with Crippen molar-refractivity contribution in [3.63, 3.8) is 0 Å². The molecular formula is C25H25F2N3O4S2. The van der Waals surface area contributed by atoms with E-state index in [0.29, 0.717) is 35.8 Å². The fourth-order valence-electron chi connectivity index (χ4n) is 4.96. The molecule has 7 nitrogen and oxygen atoms in total. The maximum Gasteiger partial charge on any atom is 0.307 e. The van der Waals surface area contributed by atoms with Crippen molar-refractivity contribution in [3.8, 4) is 21.0 Å². The van der Waals surface area contributed by atoms with E-state index in [2.05, 4.69) is 4.98 Å². The van der Waals surface area contributed by atoms with Crippen molar-refractivity contribution in [1.82, 2.24) is 9.97 Å². The topological polar surface area (TPSA) is 100 Å². The number of anilines is 1. The number of carboxylic acid groups (broad SMARTS) is 1. The Morgan fingerprint density at radius 2 is 1.81 bits per heavy atom. The van der Waals surface area contributed by atoms with Gasteiger partial charge in [0.2, 0.25) is 0 Å². The van der Waals surface area contributed by atoms with E-state index in [1.54, 1.807) is 0 Å². The Bertz CT molecular complexity index is 1360. The van der Waals surface area contributed by atoms with Crippen LogP contribution in [-0.2, 0) is 14.6 Å². The second-order valence-electron chi connectivity index (χ2n) is 9.27. The molecule has 0 spiro atoms. The summed E-state index contributed by atoms with van der Waals surface area (Å²) < 4.78 is 51.5. The van der Waals surface area contributed by atoms with E-state index in [-0.39, 0.29) is 24.3 Å². The molecular weight excluding hydrogens is 508 g/mol. The summed E-state index contributed by atoms with van der Waals surface area (Å²) in [5, 5.41) is 10.3. The molecule has 11 heteroatoms. The van der Waals surface area contributed by atoms with E-state index in [0.717, 1.165) is 22.3 Å². The van der Waals surface area contributed by atoms with E-state index in [1.165, 1.54) is 23.6 Å². The molecule has 0 bridgehead atoms. The van der Waals surface area contributed by atoms with Crippen molar-refractivity contribution in [1.29, 1.82) is 0 Å². The van der Waals surface area contributed by atoms with Crippen LogP contribution in [0.25, 0.3) is 21.0 Å². The highest BCUT2D eigenvalue weighted by Gasteiger charge is 2.39. The van der Waals surface area contributed by atoms with Gasteiger partial charge in [0.15, 0.2) is 9.84 Å². The van der Waals surface area contributed by atoms with E-state index >= 15 is 0 Å². The van der Waals surface area contributed by atoms with Gasteiger partial charge in [0.05, 0.1) is 34.2 Å². The molecule has 3 unspecified atom stereocenters. The lowest BCUT2D eigenvalue weighted by Crippen LogP contribution is -2.40. The van der Waals surface area contributed by atoms with E-state index in [1.807, 2.05) is 29.2 Å². The maximum absolute atomic E-state index is 14.1. The molecule has 3 aromatic rings. The number of pyridine rings is 1. The lowest BCUT2D eigenvalue weighted by Gasteiger charge is -2.30. The second-order valence-corrected chi connectivity index (χ2v) is 12.6. The van der Waals surface area contributed by atoms with Gasteiger partial charge < -0.3 is 10.0 Å². The van der Waals surface area contributed by atoms with Crippen LogP contribution in [0.15, 0.2) is 42.7 Å². The number of alkyl halides is 1. The molecule has 1 saturated heterocycles. The Kier molecular flexibility index (Phi) is 6.78. The minimum Gasteiger partial charge on any atom is -0.481 e. The van der Waals surface area contributed by atoms with Crippen molar-refractivity contribution in [2.75, 3.05) is 29.5 Å².